The van der Waals surface area contributed by atoms with Gasteiger partial charge in [-0.1, -0.05) is 189 Å². The molecule has 2 nitrogen and oxygen atoms in total. The zero-order valence-corrected chi connectivity index (χ0v) is 35.0. The second-order valence-corrected chi connectivity index (χ2v) is 16.0. The van der Waals surface area contributed by atoms with Crippen LogP contribution >= 0.6 is 0 Å². The first kappa shape index (κ1) is 38.5. The molecule has 0 atom stereocenters. The van der Waals surface area contributed by atoms with Crippen molar-refractivity contribution in [3.8, 4) is 44.6 Å². The van der Waals surface area contributed by atoms with Gasteiger partial charge in [0.05, 0.1) is 16.8 Å². The van der Waals surface area contributed by atoms with Gasteiger partial charge in [0.15, 0.2) is 5.71 Å². The smallest absolute Gasteiger partial charge is 0.317 e. The zero-order chi connectivity index (χ0) is 42.0. The fourth-order valence-electron chi connectivity index (χ4n) is 9.15. The Hall–Kier alpha value is -7.75. The van der Waals surface area contributed by atoms with Gasteiger partial charge in [0.25, 0.3) is 0 Å². The number of rotatable bonds is 10. The number of benzene rings is 7. The number of hydrogen-bond acceptors (Lipinski definition) is 0. The van der Waals surface area contributed by atoms with Gasteiger partial charge in [-0.05, 0) is 111 Å². The Morgan fingerprint density at radius 2 is 1.02 bits per heavy atom. The Morgan fingerprint density at radius 3 is 1.61 bits per heavy atom. The third-order valence-corrected chi connectivity index (χ3v) is 11.9. The van der Waals surface area contributed by atoms with Gasteiger partial charge < -0.3 is 4.48 Å². The molecule has 62 heavy (non-hydrogen) atoms. The summed E-state index contributed by atoms with van der Waals surface area (Å²) < 4.78 is 4.88. The van der Waals surface area contributed by atoms with Crippen LogP contribution in [0, 0.1) is 13.8 Å². The minimum atomic E-state index is 1.14. The summed E-state index contributed by atoms with van der Waals surface area (Å²) in [4.78, 5) is 0. The molecule has 0 unspecified atom stereocenters. The topological polar surface area (TPSA) is 7.94 Å². The number of aromatic nitrogens is 1. The van der Waals surface area contributed by atoms with E-state index in [-0.39, 0.29) is 0 Å². The number of allylic oxidation sites excluding steroid dienone is 6. The summed E-state index contributed by atoms with van der Waals surface area (Å²) in [5.74, 6) is 0. The van der Waals surface area contributed by atoms with Crippen LogP contribution in [0.5, 0.6) is 0 Å². The lowest BCUT2D eigenvalue weighted by molar-refractivity contribution is -0.310. The fourth-order valence-corrected chi connectivity index (χ4v) is 9.15. The highest BCUT2D eigenvalue weighted by Gasteiger charge is 2.45. The van der Waals surface area contributed by atoms with Crippen molar-refractivity contribution in [2.24, 2.45) is 0 Å². The van der Waals surface area contributed by atoms with Gasteiger partial charge in [0.1, 0.15) is 0 Å². The van der Waals surface area contributed by atoms with E-state index in [2.05, 4.69) is 243 Å². The van der Waals surface area contributed by atoms with Gasteiger partial charge in [0.2, 0.25) is 5.70 Å². The zero-order valence-electron chi connectivity index (χ0n) is 35.0. The van der Waals surface area contributed by atoms with Crippen molar-refractivity contribution >= 4 is 30.5 Å². The first-order valence-corrected chi connectivity index (χ1v) is 21.3. The predicted octanol–water partition coefficient (Wildman–Crippen LogP) is 14.3. The van der Waals surface area contributed by atoms with Gasteiger partial charge in [-0.15, -0.1) is 0 Å². The summed E-state index contributed by atoms with van der Waals surface area (Å²) >= 11 is 0. The summed E-state index contributed by atoms with van der Waals surface area (Å²) in [7, 11) is 2.32. The molecule has 3 heterocycles. The average molecular weight is 793 g/mol. The van der Waals surface area contributed by atoms with Gasteiger partial charge in [-0.3, -0.25) is 4.49 Å². The SMILES string of the molecule is C=C/C=C\C=C\c1cc(-c2ccccc2)cc(-c2cc(C)c(C3=C4C(c5ccccc5)=CC(c5ccccc5)=[N+]4[B]n4c(-c5ccccc5)cc(-c5ccccc5)c43)c(C)c2)c1. The van der Waals surface area contributed by atoms with Crippen LogP contribution in [-0.4, -0.2) is 22.2 Å². The van der Waals surface area contributed by atoms with Gasteiger partial charge >= 0.3 is 7.55 Å². The summed E-state index contributed by atoms with van der Waals surface area (Å²) in [6.45, 7) is 8.42. The molecule has 0 amide bonds. The quantitative estimate of drug-likeness (QED) is 0.0963. The van der Waals surface area contributed by atoms with E-state index in [0.29, 0.717) is 0 Å². The Morgan fingerprint density at radius 1 is 0.500 bits per heavy atom. The lowest BCUT2D eigenvalue weighted by Gasteiger charge is -2.25. The van der Waals surface area contributed by atoms with Crippen LogP contribution in [-0.2, 0) is 0 Å². The average Bonchev–Trinajstić information content (AvgIpc) is 3.91. The van der Waals surface area contributed by atoms with E-state index in [9.17, 15) is 0 Å². The maximum atomic E-state index is 3.84. The van der Waals surface area contributed by atoms with Crippen LogP contribution in [0.25, 0.3) is 61.9 Å². The van der Waals surface area contributed by atoms with E-state index >= 15 is 0 Å². The first-order valence-electron chi connectivity index (χ1n) is 21.3. The standard InChI is InChI=1S/C59H45BN2/c1-4-5-6-12-23-43-36-50(44-24-13-7-14-25-44)38-51(37-43)49-34-41(2)56(42(3)35-49)57-58-52(45-26-15-8-16-27-45)39-54(47-30-19-10-20-31-47)61(58)60-62-55(48-32-21-11-22-33-48)40-53(59(57)62)46-28-17-9-18-29-46/h4-40H,1H2,2-3H3/q+1/b6-5-,23-12+. The van der Waals surface area contributed by atoms with E-state index in [1.54, 1.807) is 6.08 Å². The summed E-state index contributed by atoms with van der Waals surface area (Å²) in [5.41, 5.74) is 22.5. The van der Waals surface area contributed by atoms with E-state index in [1.165, 1.54) is 89.3 Å². The van der Waals surface area contributed by atoms with Crippen molar-refractivity contribution in [2.45, 2.75) is 13.8 Å². The maximum Gasteiger partial charge on any atom is 0.700 e. The van der Waals surface area contributed by atoms with Crippen molar-refractivity contribution in [3.05, 3.63) is 270 Å². The summed E-state index contributed by atoms with van der Waals surface area (Å²) in [5, 5.41) is 0. The Kier molecular flexibility index (Phi) is 10.4. The van der Waals surface area contributed by atoms with E-state index in [0.717, 1.165) is 17.0 Å². The van der Waals surface area contributed by atoms with E-state index < -0.39 is 0 Å². The molecular weight excluding hydrogens is 747 g/mol. The number of hydrogen-bond donors (Lipinski definition) is 0. The molecule has 8 aromatic rings. The molecule has 0 bridgehead atoms. The molecule has 0 spiro atoms. The van der Waals surface area contributed by atoms with Crippen molar-refractivity contribution in [1.82, 2.24) is 4.48 Å². The molecule has 2 aliphatic rings. The number of fused-ring (bicyclic) bond motifs is 2. The van der Waals surface area contributed by atoms with Crippen LogP contribution in [0.4, 0.5) is 0 Å². The Balaban J connectivity index is 1.26. The molecule has 1 aromatic heterocycles. The lowest BCUT2D eigenvalue weighted by Crippen LogP contribution is -2.33. The fraction of sp³-hybridized carbons (Fsp3) is 0.0339. The first-order chi connectivity index (χ1) is 30.6. The van der Waals surface area contributed by atoms with E-state index in [1.807, 2.05) is 12.2 Å². The highest BCUT2D eigenvalue weighted by molar-refractivity contribution is 6.34. The Labute approximate surface area is 366 Å². The molecular formula is C59H45BN2+. The normalized spacial score (nSPS) is 13.4. The highest BCUT2D eigenvalue weighted by atomic mass is 15.1. The van der Waals surface area contributed by atoms with Gasteiger partial charge in [0, 0.05) is 22.9 Å². The molecule has 0 N–H and O–H groups in total. The molecule has 293 valence electrons. The van der Waals surface area contributed by atoms with Crippen molar-refractivity contribution < 1.29 is 4.49 Å². The predicted molar refractivity (Wildman–Crippen MR) is 263 cm³/mol. The largest absolute Gasteiger partial charge is 0.700 e. The molecule has 0 saturated carbocycles. The van der Waals surface area contributed by atoms with Crippen molar-refractivity contribution in [3.63, 3.8) is 0 Å². The lowest BCUT2D eigenvalue weighted by atomic mass is 9.82. The van der Waals surface area contributed by atoms with Crippen LogP contribution in [0.3, 0.4) is 0 Å². The molecule has 0 aliphatic carbocycles. The maximum absolute atomic E-state index is 3.84. The molecule has 7 aromatic carbocycles. The molecule has 3 heteroatoms. The third-order valence-electron chi connectivity index (χ3n) is 11.9. The van der Waals surface area contributed by atoms with Gasteiger partial charge in [-0.2, -0.15) is 0 Å². The summed E-state index contributed by atoms with van der Waals surface area (Å²) in [6.07, 6.45) is 12.4. The number of nitrogens with zero attached hydrogens (tertiary/aromatic N) is 2. The second-order valence-electron chi connectivity index (χ2n) is 16.0. The third kappa shape index (κ3) is 7.18. The van der Waals surface area contributed by atoms with Crippen LogP contribution in [0.15, 0.2) is 231 Å². The van der Waals surface area contributed by atoms with Crippen LogP contribution < -0.4 is 0 Å². The minimum absolute atomic E-state index is 1.14. The van der Waals surface area contributed by atoms with Crippen LogP contribution in [0.2, 0.25) is 0 Å². The van der Waals surface area contributed by atoms with E-state index in [4.69, 9.17) is 0 Å². The minimum Gasteiger partial charge on any atom is -0.317 e. The monoisotopic (exact) mass is 792 g/mol. The van der Waals surface area contributed by atoms with Crippen LogP contribution in [0.1, 0.15) is 39.1 Å². The van der Waals surface area contributed by atoms with Crippen molar-refractivity contribution in [1.29, 1.82) is 0 Å². The summed E-state index contributed by atoms with van der Waals surface area (Å²) in [6, 6.07) is 68.1. The van der Waals surface area contributed by atoms with Crippen molar-refractivity contribution in [2.75, 3.05) is 0 Å². The van der Waals surface area contributed by atoms with Gasteiger partial charge in [-0.25, -0.2) is 0 Å². The highest BCUT2D eigenvalue weighted by Crippen LogP contribution is 2.48. The second kappa shape index (κ2) is 16.7. The molecule has 2 aliphatic heterocycles. The molecule has 0 saturated heterocycles. The molecule has 1 radical (unpaired) electrons. The Bertz CT molecular complexity index is 3110. The molecule has 0 fully saturated rings. The molecule has 10 rings (SSSR count). The number of aryl methyl sites for hydroxylation is 2.